The Labute approximate surface area is 186 Å². The molecule has 0 spiro atoms. The number of carbonyl (C=O) groups excluding carboxylic acids is 1. The summed E-state index contributed by atoms with van der Waals surface area (Å²) in [7, 11) is 3.36. The number of H-pyrrole nitrogens is 1. The first-order chi connectivity index (χ1) is 15.4. The lowest BCUT2D eigenvalue weighted by molar-refractivity contribution is -0.0586. The van der Waals surface area contributed by atoms with Crippen molar-refractivity contribution in [2.45, 2.75) is 26.1 Å². The van der Waals surface area contributed by atoms with Gasteiger partial charge in [0.05, 0.1) is 36.0 Å². The maximum absolute atomic E-state index is 13.0. The number of rotatable bonds is 5. The lowest BCUT2D eigenvalue weighted by atomic mass is 10.1. The van der Waals surface area contributed by atoms with Gasteiger partial charge in [-0.15, -0.1) is 0 Å². The number of carbonyl (C=O) groups is 1. The standard InChI is InChI=1S/C23H26N6O3/c1-13-11-29(12-14(2)32-13)23(30)15-5-6-17(19(7-15)31-4)27-20-8-18(25-3)21-16(9-24)10-26-22(21)28-20/h5-8,10,13-14H,11-12H2,1-4H3,(H3,25,26,27,28)/t13-,14+. The van der Waals surface area contributed by atoms with Crippen LogP contribution in [-0.4, -0.2) is 60.2 Å². The van der Waals surface area contributed by atoms with E-state index in [-0.39, 0.29) is 18.1 Å². The predicted molar refractivity (Wildman–Crippen MR) is 123 cm³/mol. The molecule has 1 saturated heterocycles. The van der Waals surface area contributed by atoms with Crippen molar-refractivity contribution in [2.24, 2.45) is 0 Å². The number of pyridine rings is 1. The Balaban J connectivity index is 1.61. The lowest BCUT2D eigenvalue weighted by Crippen LogP contribution is -2.48. The first-order valence-electron chi connectivity index (χ1n) is 10.4. The number of nitrogens with zero attached hydrogens (tertiary/aromatic N) is 3. The van der Waals surface area contributed by atoms with Gasteiger partial charge in [0.15, 0.2) is 0 Å². The molecule has 3 aromatic rings. The van der Waals surface area contributed by atoms with E-state index in [0.29, 0.717) is 47.1 Å². The van der Waals surface area contributed by atoms with Crippen LogP contribution in [-0.2, 0) is 4.74 Å². The highest BCUT2D eigenvalue weighted by Crippen LogP contribution is 2.32. The fourth-order valence-electron chi connectivity index (χ4n) is 4.08. The number of methoxy groups -OCH3 is 1. The molecule has 9 nitrogen and oxygen atoms in total. The van der Waals surface area contributed by atoms with Crippen molar-refractivity contribution in [3.8, 4) is 11.8 Å². The fourth-order valence-corrected chi connectivity index (χ4v) is 4.08. The van der Waals surface area contributed by atoms with Gasteiger partial charge in [-0.05, 0) is 32.0 Å². The summed E-state index contributed by atoms with van der Waals surface area (Å²) in [5.41, 5.74) is 3.12. The van der Waals surface area contributed by atoms with Gasteiger partial charge in [0.25, 0.3) is 5.91 Å². The molecule has 1 aliphatic heterocycles. The molecule has 0 saturated carbocycles. The SMILES string of the molecule is CNc1cc(Nc2ccc(C(=O)N3C[C@@H](C)O[C@@H](C)C3)cc2OC)nc2[nH]cc(C#N)c12. The summed E-state index contributed by atoms with van der Waals surface area (Å²) in [5, 5.41) is 16.4. The van der Waals surface area contributed by atoms with Gasteiger partial charge in [0.1, 0.15) is 23.3 Å². The molecule has 9 heteroatoms. The number of aromatic nitrogens is 2. The summed E-state index contributed by atoms with van der Waals surface area (Å²) in [4.78, 5) is 22.4. The Hall–Kier alpha value is -3.77. The Morgan fingerprint density at radius 2 is 2.03 bits per heavy atom. The molecule has 166 valence electrons. The minimum Gasteiger partial charge on any atom is -0.495 e. The van der Waals surface area contributed by atoms with E-state index in [9.17, 15) is 10.1 Å². The highest BCUT2D eigenvalue weighted by atomic mass is 16.5. The summed E-state index contributed by atoms with van der Waals surface area (Å²) in [6, 6.07) is 9.30. The Morgan fingerprint density at radius 3 is 2.69 bits per heavy atom. The number of hydrogen-bond acceptors (Lipinski definition) is 7. The molecule has 1 aliphatic rings. The van der Waals surface area contributed by atoms with Crippen molar-refractivity contribution < 1.29 is 14.3 Å². The third kappa shape index (κ3) is 4.05. The molecule has 0 unspecified atom stereocenters. The van der Waals surface area contributed by atoms with E-state index in [1.54, 1.807) is 38.6 Å². The Kier molecular flexibility index (Phi) is 5.88. The molecule has 3 N–H and O–H groups in total. The van der Waals surface area contributed by atoms with Gasteiger partial charge >= 0.3 is 0 Å². The van der Waals surface area contributed by atoms with Gasteiger partial charge in [-0.2, -0.15) is 5.26 Å². The van der Waals surface area contributed by atoms with E-state index < -0.39 is 0 Å². The molecule has 1 amide bonds. The number of amides is 1. The highest BCUT2D eigenvalue weighted by molar-refractivity contribution is 5.97. The number of fused-ring (bicyclic) bond motifs is 1. The molecular weight excluding hydrogens is 408 g/mol. The van der Waals surface area contributed by atoms with E-state index in [2.05, 4.69) is 26.7 Å². The Bertz CT molecular complexity index is 1190. The zero-order valence-corrected chi connectivity index (χ0v) is 18.5. The van der Waals surface area contributed by atoms with Crippen molar-refractivity contribution >= 4 is 34.1 Å². The first kappa shape index (κ1) is 21.5. The maximum Gasteiger partial charge on any atom is 0.254 e. The normalized spacial score (nSPS) is 18.3. The molecule has 0 aliphatic carbocycles. The predicted octanol–water partition coefficient (Wildman–Crippen LogP) is 3.48. The number of hydrogen-bond donors (Lipinski definition) is 3. The summed E-state index contributed by atoms with van der Waals surface area (Å²) in [6.45, 7) is 5.05. The van der Waals surface area contributed by atoms with Gasteiger partial charge in [-0.3, -0.25) is 4.79 Å². The van der Waals surface area contributed by atoms with Crippen molar-refractivity contribution in [3.05, 3.63) is 41.6 Å². The monoisotopic (exact) mass is 434 g/mol. The van der Waals surface area contributed by atoms with Crippen LogP contribution in [0.3, 0.4) is 0 Å². The van der Waals surface area contributed by atoms with Crippen LogP contribution in [0.5, 0.6) is 5.75 Å². The quantitative estimate of drug-likeness (QED) is 0.563. The number of anilines is 3. The summed E-state index contributed by atoms with van der Waals surface area (Å²) in [5.74, 6) is 1.05. The molecular formula is C23H26N6O3. The van der Waals surface area contributed by atoms with Gasteiger partial charge in [-0.25, -0.2) is 4.98 Å². The second-order valence-electron chi connectivity index (χ2n) is 7.85. The van der Waals surface area contributed by atoms with Gasteiger partial charge < -0.3 is 30.0 Å². The topological polar surface area (TPSA) is 115 Å². The molecule has 0 bridgehead atoms. The second-order valence-corrected chi connectivity index (χ2v) is 7.85. The van der Waals surface area contributed by atoms with Gasteiger partial charge in [-0.1, -0.05) is 0 Å². The molecule has 1 fully saturated rings. The average Bonchev–Trinajstić information content (AvgIpc) is 3.20. The van der Waals surface area contributed by atoms with E-state index in [1.165, 1.54) is 0 Å². The third-order valence-electron chi connectivity index (χ3n) is 5.45. The van der Waals surface area contributed by atoms with Gasteiger partial charge in [0, 0.05) is 43.7 Å². The van der Waals surface area contributed by atoms with Crippen LogP contribution < -0.4 is 15.4 Å². The summed E-state index contributed by atoms with van der Waals surface area (Å²) >= 11 is 0. The van der Waals surface area contributed by atoms with Crippen molar-refractivity contribution in [1.29, 1.82) is 5.26 Å². The van der Waals surface area contributed by atoms with Crippen LogP contribution in [0.1, 0.15) is 29.8 Å². The van der Waals surface area contributed by atoms with E-state index in [0.717, 1.165) is 11.1 Å². The second kappa shape index (κ2) is 8.77. The molecule has 1 aromatic carbocycles. The number of morpholine rings is 1. The smallest absolute Gasteiger partial charge is 0.254 e. The zero-order chi connectivity index (χ0) is 22.8. The fraction of sp³-hybridized carbons (Fsp3) is 0.348. The van der Waals surface area contributed by atoms with Crippen LogP contribution in [0.2, 0.25) is 0 Å². The molecule has 4 rings (SSSR count). The largest absolute Gasteiger partial charge is 0.495 e. The van der Waals surface area contributed by atoms with Crippen LogP contribution in [0, 0.1) is 11.3 Å². The van der Waals surface area contributed by atoms with Crippen LogP contribution in [0.15, 0.2) is 30.5 Å². The summed E-state index contributed by atoms with van der Waals surface area (Å²) in [6.07, 6.45) is 1.64. The third-order valence-corrected chi connectivity index (χ3v) is 5.45. The molecule has 0 radical (unpaired) electrons. The highest BCUT2D eigenvalue weighted by Gasteiger charge is 2.27. The number of aromatic amines is 1. The van der Waals surface area contributed by atoms with Gasteiger partial charge in [0.2, 0.25) is 0 Å². The number of benzene rings is 1. The summed E-state index contributed by atoms with van der Waals surface area (Å²) < 4.78 is 11.3. The Morgan fingerprint density at radius 1 is 1.28 bits per heavy atom. The molecule has 32 heavy (non-hydrogen) atoms. The first-order valence-corrected chi connectivity index (χ1v) is 10.4. The zero-order valence-electron chi connectivity index (χ0n) is 18.5. The molecule has 3 heterocycles. The van der Waals surface area contributed by atoms with Crippen LogP contribution in [0.25, 0.3) is 11.0 Å². The van der Waals surface area contributed by atoms with Crippen LogP contribution in [0.4, 0.5) is 17.2 Å². The maximum atomic E-state index is 13.0. The van der Waals surface area contributed by atoms with E-state index in [4.69, 9.17) is 9.47 Å². The minimum absolute atomic E-state index is 0.00226. The van der Waals surface area contributed by atoms with E-state index >= 15 is 0 Å². The van der Waals surface area contributed by atoms with E-state index in [1.807, 2.05) is 24.8 Å². The number of nitrogens with one attached hydrogen (secondary N) is 3. The molecule has 2 aromatic heterocycles. The number of ether oxygens (including phenoxy) is 2. The van der Waals surface area contributed by atoms with Crippen molar-refractivity contribution in [1.82, 2.24) is 14.9 Å². The van der Waals surface area contributed by atoms with Crippen molar-refractivity contribution in [2.75, 3.05) is 37.9 Å². The minimum atomic E-state index is -0.0516. The van der Waals surface area contributed by atoms with Crippen molar-refractivity contribution in [3.63, 3.8) is 0 Å². The number of nitriles is 1. The van der Waals surface area contributed by atoms with Crippen LogP contribution >= 0.6 is 0 Å². The lowest BCUT2D eigenvalue weighted by Gasteiger charge is -2.35. The molecule has 2 atom stereocenters. The average molecular weight is 435 g/mol.